The fraction of sp³-hybridized carbons (Fsp3) is 0. The van der Waals surface area contributed by atoms with E-state index in [1.54, 1.807) is 0 Å². The summed E-state index contributed by atoms with van der Waals surface area (Å²) < 4.78 is 9.33. The molecule has 0 spiro atoms. The van der Waals surface area contributed by atoms with E-state index in [1.807, 2.05) is 66.7 Å². The lowest BCUT2D eigenvalue weighted by molar-refractivity contribution is 0.669. The Bertz CT molecular complexity index is 3540. The molecular formula is C57H36N4O. The highest BCUT2D eigenvalue weighted by atomic mass is 16.3. The van der Waals surface area contributed by atoms with Crippen LogP contribution in [0.4, 0.5) is 0 Å². The Morgan fingerprint density at radius 2 is 0.806 bits per heavy atom. The number of hydrogen-bond acceptors (Lipinski definition) is 4. The standard InChI is InChI=1S/C57H36N4O/c1-6-16-37(17-7-1)42-27-31-50-48(32-42)46-29-26-43(38-18-8-2-9-19-38)34-51(46)61(50)45-28-30-47-52(36-45)62-53-35-44(39-20-10-3-11-21-39)33-49(54(47)53)57-59-55(40-22-12-4-13-23-40)58-56(60-57)41-24-14-5-15-25-41/h1-36H. The van der Waals surface area contributed by atoms with E-state index >= 15 is 0 Å². The molecule has 0 saturated heterocycles. The van der Waals surface area contributed by atoms with Gasteiger partial charge in [0.25, 0.3) is 0 Å². The van der Waals surface area contributed by atoms with Gasteiger partial charge >= 0.3 is 0 Å². The summed E-state index contributed by atoms with van der Waals surface area (Å²) in [6, 6.07) is 76.3. The van der Waals surface area contributed by atoms with Crippen molar-refractivity contribution in [2.75, 3.05) is 0 Å². The van der Waals surface area contributed by atoms with Crippen molar-refractivity contribution in [3.8, 4) is 73.2 Å². The zero-order valence-electron chi connectivity index (χ0n) is 33.5. The second-order valence-corrected chi connectivity index (χ2v) is 15.6. The predicted molar refractivity (Wildman–Crippen MR) is 254 cm³/mol. The molecule has 0 radical (unpaired) electrons. The summed E-state index contributed by atoms with van der Waals surface area (Å²) in [7, 11) is 0. The Labute approximate surface area is 357 Å². The van der Waals surface area contributed by atoms with E-state index in [0.717, 1.165) is 72.0 Å². The first-order valence-corrected chi connectivity index (χ1v) is 20.8. The summed E-state index contributed by atoms with van der Waals surface area (Å²) in [4.78, 5) is 15.4. The highest BCUT2D eigenvalue weighted by Crippen LogP contribution is 2.42. The third-order valence-corrected chi connectivity index (χ3v) is 11.8. The van der Waals surface area contributed by atoms with Crippen molar-refractivity contribution in [3.05, 3.63) is 218 Å². The molecule has 12 rings (SSSR count). The first-order chi connectivity index (χ1) is 30.7. The van der Waals surface area contributed by atoms with Crippen LogP contribution in [0.5, 0.6) is 0 Å². The second kappa shape index (κ2) is 14.7. The first kappa shape index (κ1) is 35.5. The third-order valence-electron chi connectivity index (χ3n) is 11.8. The molecule has 0 amide bonds. The summed E-state index contributed by atoms with van der Waals surface area (Å²) >= 11 is 0. The van der Waals surface area contributed by atoms with Crippen molar-refractivity contribution in [1.82, 2.24) is 19.5 Å². The molecule has 62 heavy (non-hydrogen) atoms. The van der Waals surface area contributed by atoms with Crippen LogP contribution in [0.1, 0.15) is 0 Å². The quantitative estimate of drug-likeness (QED) is 0.161. The maximum Gasteiger partial charge on any atom is 0.164 e. The van der Waals surface area contributed by atoms with Crippen molar-refractivity contribution < 1.29 is 4.42 Å². The normalized spacial score (nSPS) is 11.5. The smallest absolute Gasteiger partial charge is 0.164 e. The van der Waals surface area contributed by atoms with Crippen LogP contribution in [0, 0.1) is 0 Å². The summed E-state index contributed by atoms with van der Waals surface area (Å²) in [5.41, 5.74) is 14.3. The van der Waals surface area contributed by atoms with Crippen molar-refractivity contribution in [2.24, 2.45) is 0 Å². The highest BCUT2D eigenvalue weighted by molar-refractivity contribution is 6.15. The largest absolute Gasteiger partial charge is 0.456 e. The monoisotopic (exact) mass is 792 g/mol. The molecule has 0 aliphatic rings. The number of aromatic nitrogens is 4. The molecule has 5 nitrogen and oxygen atoms in total. The van der Waals surface area contributed by atoms with E-state index in [9.17, 15) is 0 Å². The van der Waals surface area contributed by atoms with Crippen LogP contribution in [-0.2, 0) is 0 Å². The molecule has 0 fully saturated rings. The molecular weight excluding hydrogens is 757 g/mol. The minimum Gasteiger partial charge on any atom is -0.456 e. The Balaban J connectivity index is 1.10. The summed E-state index contributed by atoms with van der Waals surface area (Å²) in [6.07, 6.45) is 0. The van der Waals surface area contributed by atoms with Crippen LogP contribution < -0.4 is 0 Å². The zero-order valence-corrected chi connectivity index (χ0v) is 33.5. The lowest BCUT2D eigenvalue weighted by Gasteiger charge is -2.11. The van der Waals surface area contributed by atoms with Gasteiger partial charge in [0.1, 0.15) is 11.2 Å². The maximum absolute atomic E-state index is 6.95. The van der Waals surface area contributed by atoms with E-state index in [-0.39, 0.29) is 0 Å². The SMILES string of the molecule is c1ccc(-c2cc(-c3nc(-c4ccccc4)nc(-c4ccccc4)n3)c3c(c2)oc2cc(-n4c5ccc(-c6ccccc6)cc5c5ccc(-c6ccccc6)cc54)ccc23)cc1. The molecule has 3 aromatic heterocycles. The molecule has 0 atom stereocenters. The molecule has 12 aromatic rings. The molecule has 0 bridgehead atoms. The van der Waals surface area contributed by atoms with Gasteiger partial charge in [0.05, 0.1) is 11.0 Å². The number of rotatable bonds is 7. The molecule has 0 saturated carbocycles. The van der Waals surface area contributed by atoms with Gasteiger partial charge in [-0.3, -0.25) is 0 Å². The number of furan rings is 1. The topological polar surface area (TPSA) is 56.7 Å². The Hall–Kier alpha value is -8.41. The Kier molecular flexibility index (Phi) is 8.42. The van der Waals surface area contributed by atoms with Crippen molar-refractivity contribution in [1.29, 1.82) is 0 Å². The summed E-state index contributed by atoms with van der Waals surface area (Å²) in [6.45, 7) is 0. The minimum absolute atomic E-state index is 0.581. The molecule has 0 unspecified atom stereocenters. The fourth-order valence-corrected chi connectivity index (χ4v) is 8.86. The third kappa shape index (κ3) is 6.14. The number of hydrogen-bond donors (Lipinski definition) is 0. The van der Waals surface area contributed by atoms with E-state index in [4.69, 9.17) is 19.4 Å². The van der Waals surface area contributed by atoms with Gasteiger partial charge in [0.2, 0.25) is 0 Å². The van der Waals surface area contributed by atoms with Crippen molar-refractivity contribution in [3.63, 3.8) is 0 Å². The van der Waals surface area contributed by atoms with Gasteiger partial charge in [-0.05, 0) is 75.8 Å². The fourth-order valence-electron chi connectivity index (χ4n) is 8.86. The molecule has 0 N–H and O–H groups in total. The van der Waals surface area contributed by atoms with Gasteiger partial charge in [-0.15, -0.1) is 0 Å². The first-order valence-electron chi connectivity index (χ1n) is 20.8. The minimum atomic E-state index is 0.581. The van der Waals surface area contributed by atoms with Crippen LogP contribution in [0.3, 0.4) is 0 Å². The lowest BCUT2D eigenvalue weighted by Crippen LogP contribution is -2.00. The second-order valence-electron chi connectivity index (χ2n) is 15.6. The molecule has 0 aliphatic heterocycles. The zero-order chi connectivity index (χ0) is 41.0. The van der Waals surface area contributed by atoms with Crippen LogP contribution in [-0.4, -0.2) is 19.5 Å². The number of nitrogens with zero attached hydrogens (tertiary/aromatic N) is 4. The van der Waals surface area contributed by atoms with Crippen LogP contribution in [0.15, 0.2) is 223 Å². The highest BCUT2D eigenvalue weighted by Gasteiger charge is 2.22. The molecule has 0 aliphatic carbocycles. The van der Waals surface area contributed by atoms with Crippen molar-refractivity contribution >= 4 is 43.7 Å². The molecule has 3 heterocycles. The summed E-state index contributed by atoms with van der Waals surface area (Å²) in [5, 5.41) is 4.32. The maximum atomic E-state index is 6.95. The van der Waals surface area contributed by atoms with Crippen LogP contribution in [0.2, 0.25) is 0 Å². The lowest BCUT2D eigenvalue weighted by atomic mass is 9.98. The Morgan fingerprint density at radius 3 is 1.40 bits per heavy atom. The van der Waals surface area contributed by atoms with Gasteiger partial charge in [-0.25, -0.2) is 15.0 Å². The van der Waals surface area contributed by atoms with Gasteiger partial charge < -0.3 is 8.98 Å². The molecule has 9 aromatic carbocycles. The van der Waals surface area contributed by atoms with E-state index in [0.29, 0.717) is 17.5 Å². The van der Waals surface area contributed by atoms with Gasteiger partial charge in [0.15, 0.2) is 17.5 Å². The van der Waals surface area contributed by atoms with E-state index < -0.39 is 0 Å². The Morgan fingerprint density at radius 1 is 0.306 bits per heavy atom. The predicted octanol–water partition coefficient (Wildman–Crippen LogP) is 14.9. The number of fused-ring (bicyclic) bond motifs is 6. The molecule has 5 heteroatoms. The average molecular weight is 793 g/mol. The average Bonchev–Trinajstić information content (AvgIpc) is 3.89. The van der Waals surface area contributed by atoms with Gasteiger partial charge in [-0.1, -0.05) is 170 Å². The van der Waals surface area contributed by atoms with Crippen LogP contribution in [0.25, 0.3) is 117 Å². The van der Waals surface area contributed by atoms with Gasteiger partial charge in [-0.2, -0.15) is 0 Å². The van der Waals surface area contributed by atoms with Gasteiger partial charge in [0, 0.05) is 50.0 Å². The number of benzene rings is 9. The molecule has 290 valence electrons. The van der Waals surface area contributed by atoms with Crippen molar-refractivity contribution in [2.45, 2.75) is 0 Å². The van der Waals surface area contributed by atoms with E-state index in [2.05, 4.69) is 156 Å². The summed E-state index contributed by atoms with van der Waals surface area (Å²) in [5.74, 6) is 1.80. The van der Waals surface area contributed by atoms with Crippen LogP contribution >= 0.6 is 0 Å². The van der Waals surface area contributed by atoms with E-state index in [1.165, 1.54) is 27.5 Å².